The van der Waals surface area contributed by atoms with Crippen LogP contribution >= 0.6 is 0 Å². The average molecular weight is 306 g/mol. The normalized spacial score (nSPS) is 46.9. The average Bonchev–Trinajstić information content (AvgIpc) is 3.01. The maximum absolute atomic E-state index is 4.05. The molecule has 0 aromatic rings. The number of fused-ring (bicyclic) bond motifs is 3. The molecule has 3 aliphatic heterocycles. The van der Waals surface area contributed by atoms with Gasteiger partial charge in [0.1, 0.15) is 0 Å². The first kappa shape index (κ1) is 15.4. The summed E-state index contributed by atoms with van der Waals surface area (Å²) in [6, 6.07) is 2.86. The minimum absolute atomic E-state index is 0.627. The number of rotatable bonds is 2. The van der Waals surface area contributed by atoms with Crippen LogP contribution in [0.1, 0.15) is 65.7 Å². The molecule has 4 fully saturated rings. The predicted octanol–water partition coefficient (Wildman–Crippen LogP) is 2.96. The van der Waals surface area contributed by atoms with Gasteiger partial charge < -0.3 is 5.32 Å². The molecule has 1 saturated carbocycles. The maximum Gasteiger partial charge on any atom is 0.0652 e. The number of likely N-dealkylation sites (tertiary alicyclic amines) is 1. The molecule has 6 unspecified atom stereocenters. The van der Waals surface area contributed by atoms with Gasteiger partial charge in [-0.05, 0) is 52.0 Å². The van der Waals surface area contributed by atoms with Gasteiger partial charge >= 0.3 is 0 Å². The molecule has 0 spiro atoms. The Labute approximate surface area is 136 Å². The Hall–Kier alpha value is -0.120. The SMILES string of the molecule is CC(C)N1C(C)C(C2CCCCC2)C2C3NCCCC3NC21. The lowest BCUT2D eigenvalue weighted by atomic mass is 9.70. The van der Waals surface area contributed by atoms with E-state index in [1.165, 1.54) is 51.5 Å². The van der Waals surface area contributed by atoms with E-state index in [1.807, 2.05) is 0 Å². The van der Waals surface area contributed by atoms with Crippen molar-refractivity contribution in [3.8, 4) is 0 Å². The summed E-state index contributed by atoms with van der Waals surface area (Å²) in [6.45, 7) is 8.55. The zero-order chi connectivity index (χ0) is 15.3. The molecule has 3 nitrogen and oxygen atoms in total. The number of nitrogens with one attached hydrogen (secondary N) is 2. The van der Waals surface area contributed by atoms with E-state index in [-0.39, 0.29) is 0 Å². The lowest BCUT2D eigenvalue weighted by Gasteiger charge is -2.39. The van der Waals surface area contributed by atoms with Crippen molar-refractivity contribution in [3.05, 3.63) is 0 Å². The molecule has 0 bridgehead atoms. The highest BCUT2D eigenvalue weighted by Gasteiger charge is 2.58. The maximum atomic E-state index is 4.05. The molecule has 4 rings (SSSR count). The lowest BCUT2D eigenvalue weighted by Crippen LogP contribution is -2.52. The Bertz CT molecular complexity index is 390. The van der Waals surface area contributed by atoms with Gasteiger partial charge in [-0.3, -0.25) is 10.2 Å². The molecular formula is C19H35N3. The lowest BCUT2D eigenvalue weighted by molar-refractivity contribution is 0.106. The van der Waals surface area contributed by atoms with E-state index >= 15 is 0 Å². The van der Waals surface area contributed by atoms with Crippen LogP contribution in [-0.4, -0.2) is 41.8 Å². The van der Waals surface area contributed by atoms with E-state index < -0.39 is 0 Å². The second kappa shape index (κ2) is 6.07. The molecule has 0 radical (unpaired) electrons. The third kappa shape index (κ3) is 2.35. The molecule has 2 N–H and O–H groups in total. The van der Waals surface area contributed by atoms with Crippen molar-refractivity contribution in [2.45, 2.75) is 96.1 Å². The van der Waals surface area contributed by atoms with E-state index in [2.05, 4.69) is 36.3 Å². The number of nitrogens with zero attached hydrogens (tertiary/aromatic N) is 1. The van der Waals surface area contributed by atoms with E-state index in [4.69, 9.17) is 0 Å². The molecule has 0 amide bonds. The molecule has 22 heavy (non-hydrogen) atoms. The zero-order valence-corrected chi connectivity index (χ0v) is 14.7. The summed E-state index contributed by atoms with van der Waals surface area (Å²) >= 11 is 0. The molecule has 6 atom stereocenters. The second-order valence-corrected chi connectivity index (χ2v) is 8.67. The van der Waals surface area contributed by atoms with Crippen LogP contribution in [0.4, 0.5) is 0 Å². The van der Waals surface area contributed by atoms with Crippen molar-refractivity contribution < 1.29 is 0 Å². The first-order chi connectivity index (χ1) is 10.7. The highest BCUT2D eigenvalue weighted by atomic mass is 15.4. The Balaban J connectivity index is 1.63. The van der Waals surface area contributed by atoms with Crippen LogP contribution in [0, 0.1) is 17.8 Å². The van der Waals surface area contributed by atoms with Crippen LogP contribution in [-0.2, 0) is 0 Å². The Kier molecular flexibility index (Phi) is 4.25. The number of piperidine rings is 1. The summed E-state index contributed by atoms with van der Waals surface area (Å²) in [6.07, 6.45) is 10.7. The fourth-order valence-corrected chi connectivity index (χ4v) is 6.56. The summed E-state index contributed by atoms with van der Waals surface area (Å²) in [5, 5.41) is 7.96. The quantitative estimate of drug-likeness (QED) is 0.821. The fourth-order valence-electron chi connectivity index (χ4n) is 6.56. The second-order valence-electron chi connectivity index (χ2n) is 8.67. The van der Waals surface area contributed by atoms with Crippen LogP contribution in [0.5, 0.6) is 0 Å². The van der Waals surface area contributed by atoms with Gasteiger partial charge in [0.25, 0.3) is 0 Å². The van der Waals surface area contributed by atoms with Crippen molar-refractivity contribution in [1.82, 2.24) is 15.5 Å². The minimum atomic E-state index is 0.627. The molecule has 126 valence electrons. The third-order valence-corrected chi connectivity index (χ3v) is 7.25. The molecule has 3 heteroatoms. The minimum Gasteiger partial charge on any atom is -0.312 e. The van der Waals surface area contributed by atoms with E-state index in [0.717, 1.165) is 35.9 Å². The summed E-state index contributed by atoms with van der Waals surface area (Å²) in [7, 11) is 0. The molecule has 1 aliphatic carbocycles. The summed E-state index contributed by atoms with van der Waals surface area (Å²) < 4.78 is 0. The van der Waals surface area contributed by atoms with Crippen molar-refractivity contribution in [3.63, 3.8) is 0 Å². The zero-order valence-electron chi connectivity index (χ0n) is 14.7. The molecule has 3 saturated heterocycles. The number of hydrogen-bond donors (Lipinski definition) is 2. The van der Waals surface area contributed by atoms with Crippen LogP contribution < -0.4 is 10.6 Å². The van der Waals surface area contributed by atoms with Crippen LogP contribution in [0.2, 0.25) is 0 Å². The van der Waals surface area contributed by atoms with Crippen molar-refractivity contribution >= 4 is 0 Å². The van der Waals surface area contributed by atoms with E-state index in [0.29, 0.717) is 12.2 Å². The van der Waals surface area contributed by atoms with Crippen molar-refractivity contribution in [2.24, 2.45) is 17.8 Å². The van der Waals surface area contributed by atoms with Gasteiger partial charge in [0.2, 0.25) is 0 Å². The van der Waals surface area contributed by atoms with Crippen LogP contribution in [0.15, 0.2) is 0 Å². The van der Waals surface area contributed by atoms with Crippen LogP contribution in [0.3, 0.4) is 0 Å². The van der Waals surface area contributed by atoms with Gasteiger partial charge in [-0.25, -0.2) is 0 Å². The van der Waals surface area contributed by atoms with Gasteiger partial charge in [0.05, 0.1) is 6.17 Å². The Morgan fingerprint density at radius 1 is 0.955 bits per heavy atom. The van der Waals surface area contributed by atoms with E-state index in [9.17, 15) is 0 Å². The molecule has 0 aromatic heterocycles. The topological polar surface area (TPSA) is 27.3 Å². The number of hydrogen-bond acceptors (Lipinski definition) is 3. The van der Waals surface area contributed by atoms with Crippen molar-refractivity contribution in [1.29, 1.82) is 0 Å². The molecular weight excluding hydrogens is 270 g/mol. The largest absolute Gasteiger partial charge is 0.312 e. The van der Waals surface area contributed by atoms with Gasteiger partial charge in [-0.15, -0.1) is 0 Å². The first-order valence-electron chi connectivity index (χ1n) is 9.95. The van der Waals surface area contributed by atoms with Crippen molar-refractivity contribution in [2.75, 3.05) is 6.54 Å². The highest BCUT2D eigenvalue weighted by molar-refractivity contribution is 5.13. The Morgan fingerprint density at radius 2 is 1.73 bits per heavy atom. The summed E-state index contributed by atoms with van der Waals surface area (Å²) in [4.78, 5) is 2.82. The van der Waals surface area contributed by atoms with Gasteiger partial charge in [-0.1, -0.05) is 32.1 Å². The molecule has 3 heterocycles. The third-order valence-electron chi connectivity index (χ3n) is 7.25. The van der Waals surface area contributed by atoms with Gasteiger partial charge in [0.15, 0.2) is 0 Å². The molecule has 0 aromatic carbocycles. The summed E-state index contributed by atoms with van der Waals surface area (Å²) in [5.74, 6) is 2.72. The predicted molar refractivity (Wildman–Crippen MR) is 91.7 cm³/mol. The highest BCUT2D eigenvalue weighted by Crippen LogP contribution is 2.49. The smallest absolute Gasteiger partial charge is 0.0652 e. The Morgan fingerprint density at radius 3 is 2.45 bits per heavy atom. The van der Waals surface area contributed by atoms with E-state index in [1.54, 1.807) is 0 Å². The molecule has 4 aliphatic rings. The van der Waals surface area contributed by atoms with Crippen LogP contribution in [0.25, 0.3) is 0 Å². The first-order valence-corrected chi connectivity index (χ1v) is 9.95. The summed E-state index contributed by atoms with van der Waals surface area (Å²) in [5.41, 5.74) is 0. The monoisotopic (exact) mass is 305 g/mol. The standard InChI is InChI=1S/C19H35N3/c1-12(2)22-13(3)16(14-8-5-4-6-9-14)17-18-15(21-19(17)22)10-7-11-20-18/h12-21H,4-11H2,1-3H3. The van der Waals surface area contributed by atoms with Gasteiger partial charge in [0, 0.05) is 30.1 Å². The van der Waals surface area contributed by atoms with Gasteiger partial charge in [-0.2, -0.15) is 0 Å². The fraction of sp³-hybridized carbons (Fsp3) is 1.00.